The Morgan fingerprint density at radius 1 is 0.254 bits per heavy atom. The molecule has 13 rings (SSSR count). The van der Waals surface area contributed by atoms with Crippen molar-refractivity contribution in [2.75, 3.05) is 0 Å². The topological polar surface area (TPSA) is 30.2 Å². The summed E-state index contributed by atoms with van der Waals surface area (Å²) in [4.78, 5) is 10.2. The molecule has 0 N–H and O–H groups in total. The lowest BCUT2D eigenvalue weighted by Crippen LogP contribution is -1.96. The molecule has 0 fully saturated rings. The molecule has 0 unspecified atom stereocenters. The zero-order valence-electron chi connectivity index (χ0n) is 36.5. The normalized spacial score (nSPS) is 11.6. The average molecular weight is 852 g/mol. The van der Waals surface area contributed by atoms with Gasteiger partial charge >= 0.3 is 0 Å². The number of nitrogens with zero attached hydrogens (tertiary/aromatic N) is 3. The standard InChI is InChI=1S/C64H41N3/c1-4-16-42(17-5-1)54-30-15-33-60-62(54)57-32-14-31-56-55-35-34-52(40-61(55)67(60)63(56)57)50-27-12-25-48(38-50)46-23-10-22-45(36-46)47-24-11-26-49(37-47)51-28-13-29-53(39-51)64-65-58(43-18-6-2-7-19-43)41-59(66-64)44-20-8-3-9-21-44/h1-41H. The Hall–Kier alpha value is -8.92. The van der Waals surface area contributed by atoms with Gasteiger partial charge in [-0.1, -0.05) is 206 Å². The molecule has 3 nitrogen and oxygen atoms in total. The number of rotatable bonds is 8. The summed E-state index contributed by atoms with van der Waals surface area (Å²) in [5, 5.41) is 5.16. The molecule has 0 aliphatic heterocycles. The number of para-hydroxylation sites is 1. The van der Waals surface area contributed by atoms with E-state index >= 15 is 0 Å². The van der Waals surface area contributed by atoms with Crippen LogP contribution in [0.3, 0.4) is 0 Å². The Kier molecular flexibility index (Phi) is 9.17. The molecule has 13 aromatic rings. The SMILES string of the molecule is c1ccc(-c2cc(-c3ccccc3)nc(-c3cccc(-c4cccc(-c5cccc(-c6cccc(-c7ccc8c9cccc%10c%11c(-c%12ccccc%12)cccc%11n(c8c7)c9%10)c6)c5)c4)c3)n2)cc1. The Bertz CT molecular complexity index is 3910. The maximum atomic E-state index is 5.10. The van der Waals surface area contributed by atoms with Crippen molar-refractivity contribution in [2.45, 2.75) is 0 Å². The van der Waals surface area contributed by atoms with E-state index in [-0.39, 0.29) is 0 Å². The van der Waals surface area contributed by atoms with Crippen molar-refractivity contribution < 1.29 is 0 Å². The minimum atomic E-state index is 0.700. The van der Waals surface area contributed by atoms with Crippen molar-refractivity contribution in [3.63, 3.8) is 0 Å². The van der Waals surface area contributed by atoms with Gasteiger partial charge in [0, 0.05) is 38.2 Å². The van der Waals surface area contributed by atoms with Crippen molar-refractivity contribution in [3.05, 3.63) is 249 Å². The summed E-state index contributed by atoms with van der Waals surface area (Å²) < 4.78 is 2.49. The molecule has 0 amide bonds. The number of hydrogen-bond donors (Lipinski definition) is 0. The summed E-state index contributed by atoms with van der Waals surface area (Å²) in [7, 11) is 0. The summed E-state index contributed by atoms with van der Waals surface area (Å²) in [6.07, 6.45) is 0. The molecule has 10 aromatic carbocycles. The van der Waals surface area contributed by atoms with Crippen LogP contribution in [0.15, 0.2) is 249 Å². The Labute approximate surface area is 388 Å². The second-order valence-electron chi connectivity index (χ2n) is 17.4. The van der Waals surface area contributed by atoms with Crippen LogP contribution in [0.2, 0.25) is 0 Å². The Morgan fingerprint density at radius 2 is 0.672 bits per heavy atom. The molecular formula is C64H41N3. The molecule has 0 aliphatic carbocycles. The zero-order valence-corrected chi connectivity index (χ0v) is 36.5. The smallest absolute Gasteiger partial charge is 0.160 e. The van der Waals surface area contributed by atoms with E-state index in [1.165, 1.54) is 77.0 Å². The van der Waals surface area contributed by atoms with Crippen molar-refractivity contribution in [1.29, 1.82) is 0 Å². The summed E-state index contributed by atoms with van der Waals surface area (Å²) in [6, 6.07) is 89.3. The number of aromatic nitrogens is 3. The first-order valence-corrected chi connectivity index (χ1v) is 22.9. The van der Waals surface area contributed by atoms with E-state index in [1.54, 1.807) is 0 Å². The van der Waals surface area contributed by atoms with E-state index in [0.717, 1.165) is 44.8 Å². The first-order chi connectivity index (χ1) is 33.2. The summed E-state index contributed by atoms with van der Waals surface area (Å²) in [6.45, 7) is 0. The second-order valence-corrected chi connectivity index (χ2v) is 17.4. The molecule has 0 bridgehead atoms. The van der Waals surface area contributed by atoms with Gasteiger partial charge in [0.05, 0.1) is 27.9 Å². The predicted molar refractivity (Wildman–Crippen MR) is 280 cm³/mol. The highest BCUT2D eigenvalue weighted by Gasteiger charge is 2.20. The number of fused-ring (bicyclic) bond motifs is 6. The first kappa shape index (κ1) is 38.5. The minimum Gasteiger partial charge on any atom is -0.308 e. The molecular weight excluding hydrogens is 811 g/mol. The van der Waals surface area contributed by atoms with Crippen molar-refractivity contribution in [2.24, 2.45) is 0 Å². The van der Waals surface area contributed by atoms with Crippen molar-refractivity contribution in [3.8, 4) is 89.5 Å². The molecule has 0 aliphatic rings. The van der Waals surface area contributed by atoms with E-state index in [4.69, 9.17) is 9.97 Å². The molecule has 0 radical (unpaired) electrons. The highest BCUT2D eigenvalue weighted by atomic mass is 14.9. The fourth-order valence-electron chi connectivity index (χ4n) is 10.1. The number of hydrogen-bond acceptors (Lipinski definition) is 2. The molecule has 0 saturated heterocycles. The van der Waals surface area contributed by atoms with E-state index in [1.807, 2.05) is 12.1 Å². The minimum absolute atomic E-state index is 0.700. The summed E-state index contributed by atoms with van der Waals surface area (Å²) >= 11 is 0. The van der Waals surface area contributed by atoms with E-state index in [9.17, 15) is 0 Å². The van der Waals surface area contributed by atoms with Crippen LogP contribution in [0.5, 0.6) is 0 Å². The van der Waals surface area contributed by atoms with E-state index in [0.29, 0.717) is 5.82 Å². The maximum absolute atomic E-state index is 5.10. The lowest BCUT2D eigenvalue weighted by Gasteiger charge is -2.12. The molecule has 3 heteroatoms. The molecule has 0 atom stereocenters. The van der Waals surface area contributed by atoms with Gasteiger partial charge in [0.2, 0.25) is 0 Å². The fourth-order valence-corrected chi connectivity index (χ4v) is 10.1. The van der Waals surface area contributed by atoms with Crippen LogP contribution in [0, 0.1) is 0 Å². The third kappa shape index (κ3) is 6.76. The second kappa shape index (κ2) is 16.0. The van der Waals surface area contributed by atoms with Gasteiger partial charge in [-0.2, -0.15) is 0 Å². The van der Waals surface area contributed by atoms with E-state index in [2.05, 4.69) is 241 Å². The Morgan fingerprint density at radius 3 is 1.21 bits per heavy atom. The van der Waals surface area contributed by atoms with Gasteiger partial charge in [0.1, 0.15) is 0 Å². The maximum Gasteiger partial charge on any atom is 0.160 e. The van der Waals surface area contributed by atoms with Crippen LogP contribution < -0.4 is 0 Å². The molecule has 3 heterocycles. The highest BCUT2D eigenvalue weighted by Crippen LogP contribution is 2.44. The van der Waals surface area contributed by atoms with Crippen LogP contribution in [0.4, 0.5) is 0 Å². The molecule has 0 spiro atoms. The van der Waals surface area contributed by atoms with Crippen LogP contribution in [-0.4, -0.2) is 14.4 Å². The summed E-state index contributed by atoms with van der Waals surface area (Å²) in [5.74, 6) is 0.700. The Balaban J connectivity index is 0.838. The lowest BCUT2D eigenvalue weighted by atomic mass is 9.94. The average Bonchev–Trinajstić information content (AvgIpc) is 3.94. The van der Waals surface area contributed by atoms with Gasteiger partial charge in [-0.3, -0.25) is 0 Å². The number of benzene rings is 10. The monoisotopic (exact) mass is 851 g/mol. The molecule has 0 saturated carbocycles. The molecule has 67 heavy (non-hydrogen) atoms. The fraction of sp³-hybridized carbons (Fsp3) is 0. The third-order valence-corrected chi connectivity index (χ3v) is 13.3. The van der Waals surface area contributed by atoms with Crippen molar-refractivity contribution in [1.82, 2.24) is 14.4 Å². The first-order valence-electron chi connectivity index (χ1n) is 22.9. The molecule has 3 aromatic heterocycles. The third-order valence-electron chi connectivity index (χ3n) is 13.3. The highest BCUT2D eigenvalue weighted by molar-refractivity contribution is 6.26. The quantitative estimate of drug-likeness (QED) is 0.152. The molecule has 312 valence electrons. The van der Waals surface area contributed by atoms with Gasteiger partial charge < -0.3 is 4.40 Å². The lowest BCUT2D eigenvalue weighted by molar-refractivity contribution is 1.18. The largest absolute Gasteiger partial charge is 0.308 e. The van der Waals surface area contributed by atoms with Crippen LogP contribution in [-0.2, 0) is 0 Å². The van der Waals surface area contributed by atoms with Gasteiger partial charge in [0.15, 0.2) is 5.82 Å². The summed E-state index contributed by atoms with van der Waals surface area (Å²) in [5.41, 5.74) is 20.5. The van der Waals surface area contributed by atoms with Crippen LogP contribution in [0.25, 0.3) is 128 Å². The predicted octanol–water partition coefficient (Wildman–Crippen LogP) is 17.0. The van der Waals surface area contributed by atoms with E-state index < -0.39 is 0 Å². The van der Waals surface area contributed by atoms with Crippen LogP contribution >= 0.6 is 0 Å². The van der Waals surface area contributed by atoms with Gasteiger partial charge in [-0.05, 0) is 98.1 Å². The van der Waals surface area contributed by atoms with Gasteiger partial charge in [0.25, 0.3) is 0 Å². The zero-order chi connectivity index (χ0) is 44.3. The van der Waals surface area contributed by atoms with Gasteiger partial charge in [-0.15, -0.1) is 0 Å². The van der Waals surface area contributed by atoms with Crippen LogP contribution in [0.1, 0.15) is 0 Å². The van der Waals surface area contributed by atoms with Crippen molar-refractivity contribution >= 4 is 38.1 Å². The van der Waals surface area contributed by atoms with Gasteiger partial charge in [-0.25, -0.2) is 9.97 Å².